The number of rotatable bonds is 4. The van der Waals surface area contributed by atoms with Crippen molar-refractivity contribution in [3.63, 3.8) is 0 Å². The molecule has 34 heavy (non-hydrogen) atoms. The quantitative estimate of drug-likeness (QED) is 0.205. The van der Waals surface area contributed by atoms with E-state index in [0.717, 1.165) is 47.4 Å². The molecular weight excluding hydrogens is 448 g/mol. The van der Waals surface area contributed by atoms with Crippen molar-refractivity contribution in [3.05, 3.63) is 76.7 Å². The average Bonchev–Trinajstić information content (AvgIpc) is 3.34. The first kappa shape index (κ1) is 23.6. The Bertz CT molecular complexity index is 1360. The predicted molar refractivity (Wildman–Crippen MR) is 134 cm³/mol. The molecule has 0 spiro atoms. The summed E-state index contributed by atoms with van der Waals surface area (Å²) in [6.45, 7) is 3.16. The maximum absolute atomic E-state index is 10.9. The Morgan fingerprint density at radius 1 is 1.18 bits per heavy atom. The van der Waals surface area contributed by atoms with Gasteiger partial charge in [0.25, 0.3) is 0 Å². The summed E-state index contributed by atoms with van der Waals surface area (Å²) in [6, 6.07) is 16.6. The fourth-order valence-electron chi connectivity index (χ4n) is 3.42. The normalized spacial score (nSPS) is 13.8. The number of nitrogens with one attached hydrogen (secondary N) is 4. The molecule has 5 rings (SSSR count). The first-order chi connectivity index (χ1) is 16.5. The van der Waals surface area contributed by atoms with Gasteiger partial charge in [0.2, 0.25) is 0 Å². The molecule has 10 heteroatoms. The van der Waals surface area contributed by atoms with Crippen LogP contribution in [0.25, 0.3) is 21.5 Å². The Labute approximate surface area is 201 Å². The fraction of sp³-hybridized carbons (Fsp3) is 0.208. The highest BCUT2D eigenvalue weighted by Crippen LogP contribution is 2.24. The van der Waals surface area contributed by atoms with Crippen LogP contribution in [0.2, 0.25) is 0 Å². The molecule has 3 aromatic heterocycles. The molecule has 1 aliphatic heterocycles. The number of nitrogens with zero attached hydrogens (tertiary/aromatic N) is 4. The smallest absolute Gasteiger partial charge is 0.160 e. The molecule has 0 bridgehead atoms. The van der Waals surface area contributed by atoms with Crippen molar-refractivity contribution in [3.8, 4) is 10.6 Å². The van der Waals surface area contributed by atoms with Gasteiger partial charge in [-0.1, -0.05) is 12.1 Å². The molecule has 0 amide bonds. The molecular formula is C24H26N8OS. The lowest BCUT2D eigenvalue weighted by Gasteiger charge is -2.23. The largest absolute Gasteiger partial charge is 0.297 e. The van der Waals surface area contributed by atoms with Gasteiger partial charge in [0.15, 0.2) is 6.29 Å². The molecule has 0 unspecified atom stereocenters. The molecule has 0 radical (unpaired) electrons. The van der Waals surface area contributed by atoms with Gasteiger partial charge in [0.05, 0.1) is 21.9 Å². The Morgan fingerprint density at radius 2 is 2.06 bits per heavy atom. The van der Waals surface area contributed by atoms with Crippen LogP contribution in [0.3, 0.4) is 0 Å². The molecule has 174 valence electrons. The Hall–Kier alpha value is -3.57. The van der Waals surface area contributed by atoms with Crippen LogP contribution in [0.15, 0.2) is 60.8 Å². The molecule has 4 aromatic rings. The van der Waals surface area contributed by atoms with E-state index in [1.165, 1.54) is 16.0 Å². The molecule has 4 heterocycles. The minimum atomic E-state index is 0.137. The van der Waals surface area contributed by atoms with Gasteiger partial charge in [0.1, 0.15) is 17.0 Å². The minimum Gasteiger partial charge on any atom is -0.297 e. The van der Waals surface area contributed by atoms with E-state index in [-0.39, 0.29) is 11.3 Å². The third kappa shape index (κ3) is 5.86. The third-order valence-electron chi connectivity index (χ3n) is 5.22. The Morgan fingerprint density at radius 3 is 2.76 bits per heavy atom. The van der Waals surface area contributed by atoms with Crippen LogP contribution in [0, 0.1) is 10.8 Å². The Balaban J connectivity index is 0.000000336. The summed E-state index contributed by atoms with van der Waals surface area (Å²) in [5, 5.41) is 22.0. The SMILES string of the molecule is CN1CCNNC1.N=C(Cc1ccc2ncccc2c1)n1nc(-c2ccc(C=O)s2)ccc1=N. The number of carbonyl (C=O) groups is 1. The van der Waals surface area contributed by atoms with E-state index in [9.17, 15) is 4.79 Å². The van der Waals surface area contributed by atoms with Gasteiger partial charge < -0.3 is 0 Å². The van der Waals surface area contributed by atoms with Crippen molar-refractivity contribution >= 4 is 34.4 Å². The van der Waals surface area contributed by atoms with Crippen LogP contribution in [-0.4, -0.2) is 58.6 Å². The van der Waals surface area contributed by atoms with Crippen LogP contribution in [0.4, 0.5) is 0 Å². The zero-order chi connectivity index (χ0) is 23.9. The summed E-state index contributed by atoms with van der Waals surface area (Å²) in [4.78, 5) is 18.9. The topological polar surface area (TPSA) is 123 Å². The molecule has 1 saturated heterocycles. The minimum absolute atomic E-state index is 0.137. The molecule has 0 saturated carbocycles. The van der Waals surface area contributed by atoms with Crippen LogP contribution >= 0.6 is 11.3 Å². The highest BCUT2D eigenvalue weighted by molar-refractivity contribution is 7.17. The molecule has 1 aromatic carbocycles. The molecule has 4 N–H and O–H groups in total. The second-order valence-electron chi connectivity index (χ2n) is 7.83. The van der Waals surface area contributed by atoms with Gasteiger partial charge in [-0.15, -0.1) is 11.3 Å². The Kier molecular flexibility index (Phi) is 7.65. The van der Waals surface area contributed by atoms with Gasteiger partial charge in [-0.05, 0) is 55.1 Å². The number of carbonyl (C=O) groups excluding carboxylic acids is 1. The highest BCUT2D eigenvalue weighted by atomic mass is 32.1. The first-order valence-electron chi connectivity index (χ1n) is 10.8. The summed E-state index contributed by atoms with van der Waals surface area (Å²) in [7, 11) is 2.09. The molecule has 9 nitrogen and oxygen atoms in total. The van der Waals surface area contributed by atoms with Crippen LogP contribution < -0.4 is 16.3 Å². The number of aldehydes is 1. The van der Waals surface area contributed by atoms with Crippen LogP contribution in [0.5, 0.6) is 0 Å². The standard InChI is InChI=1S/C20H15N5OS.C4H11N3/c21-19-8-6-17(18-7-4-15(12-26)27-18)24-25(19)20(22)11-13-3-5-16-14(10-13)2-1-9-23-16;1-7-3-2-5-6-4-7/h1-10,12,21-22H,11H2;5-6H,2-4H2,1H3. The molecule has 1 fully saturated rings. The highest BCUT2D eigenvalue weighted by Gasteiger charge is 2.10. The van der Waals surface area contributed by atoms with Crippen molar-refractivity contribution in [2.45, 2.75) is 6.42 Å². The van der Waals surface area contributed by atoms with E-state index in [4.69, 9.17) is 10.8 Å². The monoisotopic (exact) mass is 474 g/mol. The maximum atomic E-state index is 10.9. The van der Waals surface area contributed by atoms with Crippen molar-refractivity contribution in [1.82, 2.24) is 30.5 Å². The van der Waals surface area contributed by atoms with Gasteiger partial charge in [-0.2, -0.15) is 5.10 Å². The first-order valence-corrected chi connectivity index (χ1v) is 11.6. The van der Waals surface area contributed by atoms with Crippen molar-refractivity contribution in [2.75, 3.05) is 26.8 Å². The summed E-state index contributed by atoms with van der Waals surface area (Å²) < 4.78 is 1.32. The number of aromatic nitrogens is 3. The number of thiophene rings is 1. The van der Waals surface area contributed by atoms with Crippen molar-refractivity contribution < 1.29 is 4.79 Å². The zero-order valence-electron chi connectivity index (χ0n) is 18.8. The van der Waals surface area contributed by atoms with Gasteiger partial charge in [-0.3, -0.25) is 30.9 Å². The summed E-state index contributed by atoms with van der Waals surface area (Å²) in [5.41, 5.74) is 8.67. The predicted octanol–water partition coefficient (Wildman–Crippen LogP) is 2.50. The lowest BCUT2D eigenvalue weighted by Crippen LogP contribution is -2.49. The number of hydrazine groups is 1. The van der Waals surface area contributed by atoms with E-state index in [1.54, 1.807) is 24.4 Å². The molecule has 0 atom stereocenters. The van der Waals surface area contributed by atoms with Gasteiger partial charge in [-0.25, -0.2) is 10.1 Å². The lowest BCUT2D eigenvalue weighted by atomic mass is 10.1. The lowest BCUT2D eigenvalue weighted by molar-refractivity contribution is 0.112. The van der Waals surface area contributed by atoms with Crippen LogP contribution in [0.1, 0.15) is 15.2 Å². The van der Waals surface area contributed by atoms with E-state index >= 15 is 0 Å². The van der Waals surface area contributed by atoms with Crippen molar-refractivity contribution in [2.24, 2.45) is 0 Å². The third-order valence-corrected chi connectivity index (χ3v) is 6.25. The number of benzene rings is 1. The molecule has 1 aliphatic rings. The number of pyridine rings is 1. The number of likely N-dealkylation sites (N-methyl/N-ethyl adjacent to an activating group) is 1. The number of fused-ring (bicyclic) bond motifs is 1. The summed E-state index contributed by atoms with van der Waals surface area (Å²) in [5.74, 6) is 0.206. The van der Waals surface area contributed by atoms with E-state index in [2.05, 4.69) is 32.9 Å². The van der Waals surface area contributed by atoms with E-state index in [0.29, 0.717) is 17.0 Å². The van der Waals surface area contributed by atoms with Gasteiger partial charge >= 0.3 is 0 Å². The number of hydrogen-bond acceptors (Lipinski definition) is 9. The summed E-state index contributed by atoms with van der Waals surface area (Å²) in [6.07, 6.45) is 2.90. The average molecular weight is 475 g/mol. The zero-order valence-corrected chi connectivity index (χ0v) is 19.6. The molecule has 0 aliphatic carbocycles. The second-order valence-corrected chi connectivity index (χ2v) is 8.95. The second kappa shape index (κ2) is 11.0. The van der Waals surface area contributed by atoms with E-state index < -0.39 is 0 Å². The fourth-order valence-corrected chi connectivity index (χ4v) is 4.21. The number of hydrogen-bond donors (Lipinski definition) is 4. The van der Waals surface area contributed by atoms with Gasteiger partial charge in [0, 0.05) is 31.1 Å². The van der Waals surface area contributed by atoms with E-state index in [1.807, 2.05) is 36.4 Å². The maximum Gasteiger partial charge on any atom is 0.160 e. The van der Waals surface area contributed by atoms with Crippen molar-refractivity contribution in [1.29, 1.82) is 10.8 Å². The summed E-state index contributed by atoms with van der Waals surface area (Å²) >= 11 is 1.34. The van der Waals surface area contributed by atoms with Crippen LogP contribution in [-0.2, 0) is 6.42 Å².